The first-order valence-corrected chi connectivity index (χ1v) is 5.61. The standard InChI is InChI=1S/C12H11ClFN3/c1-2-15-11-5-6-16-12(17-11)8-3-4-10(14)9(13)7-8/h3-7H,2H2,1H3,(H,15,16,17). The smallest absolute Gasteiger partial charge is 0.161 e. The van der Waals surface area contributed by atoms with Gasteiger partial charge in [0, 0.05) is 18.3 Å². The summed E-state index contributed by atoms with van der Waals surface area (Å²) in [6, 6.07) is 6.20. The second-order valence-electron chi connectivity index (χ2n) is 3.42. The first-order valence-electron chi connectivity index (χ1n) is 5.23. The van der Waals surface area contributed by atoms with Gasteiger partial charge >= 0.3 is 0 Å². The molecule has 17 heavy (non-hydrogen) atoms. The zero-order valence-corrected chi connectivity index (χ0v) is 10.0. The summed E-state index contributed by atoms with van der Waals surface area (Å²) < 4.78 is 13.0. The zero-order chi connectivity index (χ0) is 12.3. The lowest BCUT2D eigenvalue weighted by atomic mass is 10.2. The maximum atomic E-state index is 13.0. The molecule has 0 saturated carbocycles. The Labute approximate surface area is 104 Å². The fraction of sp³-hybridized carbons (Fsp3) is 0.167. The Morgan fingerprint density at radius 1 is 1.35 bits per heavy atom. The maximum Gasteiger partial charge on any atom is 0.161 e. The fourth-order valence-electron chi connectivity index (χ4n) is 1.41. The summed E-state index contributed by atoms with van der Waals surface area (Å²) in [7, 11) is 0. The first-order chi connectivity index (χ1) is 8.20. The molecule has 5 heteroatoms. The van der Waals surface area contributed by atoms with Crippen LogP contribution in [0.15, 0.2) is 30.5 Å². The molecule has 2 rings (SSSR count). The van der Waals surface area contributed by atoms with Crippen LogP contribution in [0.1, 0.15) is 6.92 Å². The summed E-state index contributed by atoms with van der Waals surface area (Å²) in [6.45, 7) is 2.76. The predicted octanol–water partition coefficient (Wildman–Crippen LogP) is 3.37. The van der Waals surface area contributed by atoms with Gasteiger partial charge in [-0.2, -0.15) is 0 Å². The Hall–Kier alpha value is -1.68. The van der Waals surface area contributed by atoms with E-state index in [0.29, 0.717) is 11.4 Å². The Morgan fingerprint density at radius 3 is 2.88 bits per heavy atom. The van der Waals surface area contributed by atoms with Crippen LogP contribution in [0.25, 0.3) is 11.4 Å². The lowest BCUT2D eigenvalue weighted by Gasteiger charge is -2.05. The molecule has 88 valence electrons. The van der Waals surface area contributed by atoms with Crippen LogP contribution in [0.4, 0.5) is 10.2 Å². The van der Waals surface area contributed by atoms with Gasteiger partial charge in [0.2, 0.25) is 0 Å². The van der Waals surface area contributed by atoms with Gasteiger partial charge in [0.1, 0.15) is 11.6 Å². The number of benzene rings is 1. The number of rotatable bonds is 3. The molecule has 0 unspecified atom stereocenters. The second kappa shape index (κ2) is 5.10. The van der Waals surface area contributed by atoms with Crippen LogP contribution in [-0.2, 0) is 0 Å². The van der Waals surface area contributed by atoms with E-state index in [1.54, 1.807) is 18.3 Å². The molecular formula is C12H11ClFN3. The van der Waals surface area contributed by atoms with E-state index < -0.39 is 5.82 Å². The highest BCUT2D eigenvalue weighted by Crippen LogP contribution is 2.22. The summed E-state index contributed by atoms with van der Waals surface area (Å²) in [4.78, 5) is 8.43. The maximum absolute atomic E-state index is 13.0. The molecule has 1 heterocycles. The molecule has 0 amide bonds. The van der Waals surface area contributed by atoms with Gasteiger partial charge in [0.05, 0.1) is 5.02 Å². The summed E-state index contributed by atoms with van der Waals surface area (Å²) in [5.41, 5.74) is 0.691. The van der Waals surface area contributed by atoms with Gasteiger partial charge in [0.15, 0.2) is 5.82 Å². The Kier molecular flexibility index (Phi) is 3.54. The lowest BCUT2D eigenvalue weighted by molar-refractivity contribution is 0.628. The molecule has 0 aliphatic heterocycles. The van der Waals surface area contributed by atoms with Crippen molar-refractivity contribution in [2.75, 3.05) is 11.9 Å². The third-order valence-corrected chi connectivity index (χ3v) is 2.48. The van der Waals surface area contributed by atoms with Crippen molar-refractivity contribution in [1.82, 2.24) is 9.97 Å². The Morgan fingerprint density at radius 2 is 2.18 bits per heavy atom. The van der Waals surface area contributed by atoms with E-state index in [1.807, 2.05) is 6.92 Å². The molecule has 0 fully saturated rings. The number of hydrogen-bond acceptors (Lipinski definition) is 3. The predicted molar refractivity (Wildman–Crippen MR) is 66.6 cm³/mol. The highest BCUT2D eigenvalue weighted by Gasteiger charge is 2.06. The number of nitrogens with zero attached hydrogens (tertiary/aromatic N) is 2. The first kappa shape index (κ1) is 11.8. The number of halogens is 2. The summed E-state index contributed by atoms with van der Waals surface area (Å²) >= 11 is 5.72. The second-order valence-corrected chi connectivity index (χ2v) is 3.83. The number of aromatic nitrogens is 2. The largest absolute Gasteiger partial charge is 0.370 e. The Balaban J connectivity index is 2.38. The number of hydrogen-bond donors (Lipinski definition) is 1. The van der Waals surface area contributed by atoms with E-state index in [-0.39, 0.29) is 5.02 Å². The van der Waals surface area contributed by atoms with Crippen LogP contribution in [0.5, 0.6) is 0 Å². The van der Waals surface area contributed by atoms with E-state index in [9.17, 15) is 4.39 Å². The van der Waals surface area contributed by atoms with Gasteiger partial charge < -0.3 is 5.32 Å². The van der Waals surface area contributed by atoms with Gasteiger partial charge in [-0.05, 0) is 31.2 Å². The molecule has 0 spiro atoms. The van der Waals surface area contributed by atoms with Crippen molar-refractivity contribution in [2.24, 2.45) is 0 Å². The van der Waals surface area contributed by atoms with Crippen LogP contribution in [0, 0.1) is 5.82 Å². The minimum Gasteiger partial charge on any atom is -0.370 e. The quantitative estimate of drug-likeness (QED) is 0.909. The molecule has 2 aromatic rings. The molecular weight excluding hydrogens is 241 g/mol. The van der Waals surface area contributed by atoms with Gasteiger partial charge in [-0.25, -0.2) is 14.4 Å². The normalized spacial score (nSPS) is 10.3. The van der Waals surface area contributed by atoms with Crippen molar-refractivity contribution in [1.29, 1.82) is 0 Å². The third-order valence-electron chi connectivity index (χ3n) is 2.19. The van der Waals surface area contributed by atoms with Crippen LogP contribution in [0.3, 0.4) is 0 Å². The molecule has 0 aliphatic carbocycles. The van der Waals surface area contributed by atoms with E-state index in [1.165, 1.54) is 12.1 Å². The minimum absolute atomic E-state index is 0.0694. The molecule has 0 bridgehead atoms. The summed E-state index contributed by atoms with van der Waals surface area (Å²) in [6.07, 6.45) is 1.65. The zero-order valence-electron chi connectivity index (χ0n) is 9.24. The van der Waals surface area contributed by atoms with Gasteiger partial charge in [-0.1, -0.05) is 11.6 Å². The third kappa shape index (κ3) is 2.71. The van der Waals surface area contributed by atoms with Crippen molar-refractivity contribution >= 4 is 17.4 Å². The molecule has 0 atom stereocenters. The molecule has 1 aromatic carbocycles. The molecule has 3 nitrogen and oxygen atoms in total. The van der Waals surface area contributed by atoms with E-state index >= 15 is 0 Å². The highest BCUT2D eigenvalue weighted by molar-refractivity contribution is 6.31. The SMILES string of the molecule is CCNc1ccnc(-c2ccc(F)c(Cl)c2)n1. The topological polar surface area (TPSA) is 37.8 Å². The molecule has 0 radical (unpaired) electrons. The van der Waals surface area contributed by atoms with Crippen molar-refractivity contribution in [3.8, 4) is 11.4 Å². The van der Waals surface area contributed by atoms with Crippen LogP contribution >= 0.6 is 11.6 Å². The van der Waals surface area contributed by atoms with Crippen molar-refractivity contribution < 1.29 is 4.39 Å². The van der Waals surface area contributed by atoms with Crippen molar-refractivity contribution in [3.63, 3.8) is 0 Å². The van der Waals surface area contributed by atoms with Gasteiger partial charge in [0.25, 0.3) is 0 Å². The van der Waals surface area contributed by atoms with E-state index in [2.05, 4.69) is 15.3 Å². The van der Waals surface area contributed by atoms with Crippen molar-refractivity contribution in [3.05, 3.63) is 41.3 Å². The van der Waals surface area contributed by atoms with Gasteiger partial charge in [-0.3, -0.25) is 0 Å². The van der Waals surface area contributed by atoms with Crippen LogP contribution in [0.2, 0.25) is 5.02 Å². The van der Waals surface area contributed by atoms with Crippen LogP contribution in [-0.4, -0.2) is 16.5 Å². The summed E-state index contributed by atoms with van der Waals surface area (Å²) in [5, 5.41) is 3.15. The number of nitrogens with one attached hydrogen (secondary N) is 1. The van der Waals surface area contributed by atoms with Crippen molar-refractivity contribution in [2.45, 2.75) is 6.92 Å². The van der Waals surface area contributed by atoms with E-state index in [0.717, 1.165) is 12.4 Å². The lowest BCUT2D eigenvalue weighted by Crippen LogP contribution is -2.00. The average molecular weight is 252 g/mol. The monoisotopic (exact) mass is 251 g/mol. The Bertz CT molecular complexity index is 531. The van der Waals surface area contributed by atoms with Crippen LogP contribution < -0.4 is 5.32 Å². The molecule has 0 saturated heterocycles. The molecule has 1 aromatic heterocycles. The molecule has 0 aliphatic rings. The molecule has 1 N–H and O–H groups in total. The highest BCUT2D eigenvalue weighted by atomic mass is 35.5. The fourth-order valence-corrected chi connectivity index (χ4v) is 1.59. The summed E-state index contributed by atoms with van der Waals surface area (Å²) in [5.74, 6) is 0.807. The average Bonchev–Trinajstić information content (AvgIpc) is 2.33. The minimum atomic E-state index is -0.446. The van der Waals surface area contributed by atoms with E-state index in [4.69, 9.17) is 11.6 Å². The number of anilines is 1. The van der Waals surface area contributed by atoms with Gasteiger partial charge in [-0.15, -0.1) is 0 Å².